The van der Waals surface area contributed by atoms with Crippen LogP contribution in [0, 0.1) is 0 Å². The Labute approximate surface area is 56.8 Å². The minimum atomic E-state index is 0.669. The molecule has 0 aliphatic rings. The molecule has 0 aliphatic heterocycles. The molecule has 0 aromatic rings. The van der Waals surface area contributed by atoms with Crippen molar-refractivity contribution in [2.24, 2.45) is 0 Å². The van der Waals surface area contributed by atoms with E-state index in [9.17, 15) is 0 Å². The van der Waals surface area contributed by atoms with E-state index in [-0.39, 0.29) is 0 Å². The van der Waals surface area contributed by atoms with Crippen LogP contribution in [-0.2, 0) is 4.65 Å². The molecule has 0 amide bonds. The first-order valence-corrected chi connectivity index (χ1v) is 3.18. The van der Waals surface area contributed by atoms with Crippen molar-refractivity contribution in [1.82, 2.24) is 0 Å². The second kappa shape index (κ2) is 7.56. The van der Waals surface area contributed by atoms with Gasteiger partial charge >= 0.3 is 7.69 Å². The van der Waals surface area contributed by atoms with Gasteiger partial charge in [0.25, 0.3) is 0 Å². The van der Waals surface area contributed by atoms with Crippen LogP contribution in [-0.4, -0.2) is 12.7 Å². The molecule has 0 saturated carbocycles. The average Bonchev–Trinajstić information content (AvgIpc) is 1.89. The Morgan fingerprint density at radius 2 is 2.44 bits per heavy atom. The minimum absolute atomic E-state index is 0.669. The molecule has 0 fully saturated rings. The first kappa shape index (κ1) is 8.56. The first-order valence-electron chi connectivity index (χ1n) is 3.18. The summed E-state index contributed by atoms with van der Waals surface area (Å²) >= 11 is 0. The summed E-state index contributed by atoms with van der Waals surface area (Å²) < 4.78 is 4.43. The molecule has 2 nitrogen and oxygen atoms in total. The second-order valence-corrected chi connectivity index (χ2v) is 1.76. The predicted molar refractivity (Wildman–Crippen MR) is 37.7 cm³/mol. The average molecular weight is 127 g/mol. The minimum Gasteiger partial charge on any atom is -0.544 e. The van der Waals surface area contributed by atoms with E-state index < -0.39 is 0 Å². The Kier molecular flexibility index (Phi) is 7.20. The quantitative estimate of drug-likeness (QED) is 0.342. The molecule has 1 N–H and O–H groups in total. The molecule has 0 spiro atoms. The molecule has 0 aromatic heterocycles. The SMILES string of the molecule is CCCCC=CO[B]O. The summed E-state index contributed by atoms with van der Waals surface area (Å²) in [6.45, 7) is 2.13. The molecule has 0 unspecified atom stereocenters. The van der Waals surface area contributed by atoms with Gasteiger partial charge in [0, 0.05) is 0 Å². The molecule has 0 rings (SSSR count). The maximum atomic E-state index is 8.02. The summed E-state index contributed by atoms with van der Waals surface area (Å²) in [7, 11) is 0.669. The monoisotopic (exact) mass is 127 g/mol. The molecule has 0 saturated heterocycles. The van der Waals surface area contributed by atoms with Crippen LogP contribution in [0.25, 0.3) is 0 Å². The smallest absolute Gasteiger partial charge is 0.544 e. The Bertz CT molecular complexity index is 73.5. The Morgan fingerprint density at radius 1 is 1.67 bits per heavy atom. The van der Waals surface area contributed by atoms with Gasteiger partial charge in [-0.25, -0.2) is 0 Å². The first-order chi connectivity index (χ1) is 4.41. The summed E-state index contributed by atoms with van der Waals surface area (Å²) in [5.41, 5.74) is 0. The van der Waals surface area contributed by atoms with Crippen LogP contribution in [0.15, 0.2) is 12.3 Å². The molecule has 0 aliphatic carbocycles. The zero-order valence-corrected chi connectivity index (χ0v) is 5.71. The number of allylic oxidation sites excluding steroid dienone is 1. The van der Waals surface area contributed by atoms with Crippen molar-refractivity contribution in [2.45, 2.75) is 26.2 Å². The predicted octanol–water partition coefficient (Wildman–Crippen LogP) is 1.23. The summed E-state index contributed by atoms with van der Waals surface area (Å²) in [4.78, 5) is 0. The normalized spacial score (nSPS) is 10.0. The summed E-state index contributed by atoms with van der Waals surface area (Å²) in [5, 5.41) is 8.02. The number of unbranched alkanes of at least 4 members (excludes halogenated alkanes) is 2. The third-order valence-electron chi connectivity index (χ3n) is 0.960. The van der Waals surface area contributed by atoms with Crippen molar-refractivity contribution in [2.75, 3.05) is 0 Å². The van der Waals surface area contributed by atoms with Crippen molar-refractivity contribution in [3.05, 3.63) is 12.3 Å². The Hall–Kier alpha value is -0.435. The lowest BCUT2D eigenvalue weighted by atomic mass is 10.2. The van der Waals surface area contributed by atoms with Crippen molar-refractivity contribution in [3.63, 3.8) is 0 Å². The van der Waals surface area contributed by atoms with Crippen LogP contribution < -0.4 is 0 Å². The van der Waals surface area contributed by atoms with Crippen LogP contribution in [0.2, 0.25) is 0 Å². The van der Waals surface area contributed by atoms with Gasteiger partial charge in [0.05, 0.1) is 6.26 Å². The van der Waals surface area contributed by atoms with Gasteiger partial charge in [-0.2, -0.15) is 0 Å². The van der Waals surface area contributed by atoms with Crippen LogP contribution in [0.4, 0.5) is 0 Å². The van der Waals surface area contributed by atoms with E-state index in [2.05, 4.69) is 11.6 Å². The molecule has 0 heterocycles. The van der Waals surface area contributed by atoms with Crippen molar-refractivity contribution in [3.8, 4) is 0 Å². The molecule has 51 valence electrons. The van der Waals surface area contributed by atoms with E-state index in [1.807, 2.05) is 6.08 Å². The molecule has 1 radical (unpaired) electrons. The highest BCUT2D eigenvalue weighted by molar-refractivity contribution is 6.16. The highest BCUT2D eigenvalue weighted by Crippen LogP contribution is 1.94. The van der Waals surface area contributed by atoms with Crippen molar-refractivity contribution < 1.29 is 9.68 Å². The van der Waals surface area contributed by atoms with Gasteiger partial charge in [-0.15, -0.1) is 0 Å². The lowest BCUT2D eigenvalue weighted by molar-refractivity contribution is 0.404. The van der Waals surface area contributed by atoms with E-state index in [4.69, 9.17) is 5.02 Å². The van der Waals surface area contributed by atoms with Crippen LogP contribution in [0.1, 0.15) is 26.2 Å². The lowest BCUT2D eigenvalue weighted by Gasteiger charge is -1.89. The van der Waals surface area contributed by atoms with E-state index in [1.165, 1.54) is 19.1 Å². The molecule has 9 heavy (non-hydrogen) atoms. The van der Waals surface area contributed by atoms with Crippen molar-refractivity contribution >= 4 is 7.69 Å². The van der Waals surface area contributed by atoms with E-state index in [0.717, 1.165) is 6.42 Å². The van der Waals surface area contributed by atoms with Gasteiger partial charge in [0.1, 0.15) is 0 Å². The summed E-state index contributed by atoms with van der Waals surface area (Å²) in [5.74, 6) is 0. The molecule has 0 atom stereocenters. The van der Waals surface area contributed by atoms with Crippen LogP contribution >= 0.6 is 0 Å². The fourth-order valence-corrected chi connectivity index (χ4v) is 0.481. The van der Waals surface area contributed by atoms with Gasteiger partial charge in [0.15, 0.2) is 0 Å². The highest BCUT2D eigenvalue weighted by atomic mass is 16.5. The zero-order valence-electron chi connectivity index (χ0n) is 5.71. The molecule has 3 heteroatoms. The lowest BCUT2D eigenvalue weighted by Crippen LogP contribution is -1.86. The third kappa shape index (κ3) is 7.56. The molecular formula is C6H12BO2. The molecular weight excluding hydrogens is 115 g/mol. The maximum absolute atomic E-state index is 8.02. The number of hydrogen-bond donors (Lipinski definition) is 1. The fraction of sp³-hybridized carbons (Fsp3) is 0.667. The Morgan fingerprint density at radius 3 is 3.00 bits per heavy atom. The molecule has 0 aromatic carbocycles. The van der Waals surface area contributed by atoms with Crippen LogP contribution in [0.3, 0.4) is 0 Å². The fourth-order valence-electron chi connectivity index (χ4n) is 0.481. The zero-order chi connectivity index (χ0) is 6.95. The van der Waals surface area contributed by atoms with E-state index >= 15 is 0 Å². The van der Waals surface area contributed by atoms with Crippen molar-refractivity contribution in [1.29, 1.82) is 0 Å². The third-order valence-corrected chi connectivity index (χ3v) is 0.960. The number of rotatable bonds is 5. The van der Waals surface area contributed by atoms with E-state index in [1.54, 1.807) is 0 Å². The van der Waals surface area contributed by atoms with Gasteiger partial charge in [-0.1, -0.05) is 19.4 Å². The number of hydrogen-bond acceptors (Lipinski definition) is 2. The van der Waals surface area contributed by atoms with Gasteiger partial charge in [-0.05, 0) is 12.8 Å². The van der Waals surface area contributed by atoms with Gasteiger partial charge in [0.2, 0.25) is 0 Å². The standard InChI is InChI=1S/C6H12BO2/c1-2-3-4-5-6-9-7-8/h5-6,8H,2-4H2,1H3. The summed E-state index contributed by atoms with van der Waals surface area (Å²) in [6.07, 6.45) is 6.74. The maximum Gasteiger partial charge on any atom is 0.568 e. The van der Waals surface area contributed by atoms with Crippen LogP contribution in [0.5, 0.6) is 0 Å². The highest BCUT2D eigenvalue weighted by Gasteiger charge is 1.79. The molecule has 0 bridgehead atoms. The Balaban J connectivity index is 2.86. The summed E-state index contributed by atoms with van der Waals surface area (Å²) in [6, 6.07) is 0. The van der Waals surface area contributed by atoms with Gasteiger partial charge < -0.3 is 9.68 Å². The van der Waals surface area contributed by atoms with Gasteiger partial charge in [-0.3, -0.25) is 0 Å². The van der Waals surface area contributed by atoms with E-state index in [0.29, 0.717) is 7.69 Å². The topological polar surface area (TPSA) is 29.5 Å². The second-order valence-electron chi connectivity index (χ2n) is 1.76. The largest absolute Gasteiger partial charge is 0.568 e.